The highest BCUT2D eigenvalue weighted by atomic mass is 16.6. The summed E-state index contributed by atoms with van der Waals surface area (Å²) < 4.78 is 6.56. The average Bonchev–Trinajstić information content (AvgIpc) is 2.92. The summed E-state index contributed by atoms with van der Waals surface area (Å²) in [6.07, 6.45) is 0.591. The summed E-state index contributed by atoms with van der Waals surface area (Å²) >= 11 is 0. The lowest BCUT2D eigenvalue weighted by molar-refractivity contribution is -0.149. The number of carbonyl (C=O) groups is 3. The van der Waals surface area contributed by atoms with Gasteiger partial charge in [-0.2, -0.15) is 4.90 Å². The van der Waals surface area contributed by atoms with Crippen molar-refractivity contribution < 1.29 is 19.1 Å². The smallest absolute Gasteiger partial charge is 0.424 e. The van der Waals surface area contributed by atoms with E-state index in [0.717, 1.165) is 16.8 Å². The summed E-state index contributed by atoms with van der Waals surface area (Å²) in [6.45, 7) is 4.95. The molecule has 2 heterocycles. The molecule has 1 unspecified atom stereocenters. The fraction of sp³-hybridized carbons (Fsp3) is 0.219. The van der Waals surface area contributed by atoms with Crippen molar-refractivity contribution in [3.05, 3.63) is 113 Å². The minimum Gasteiger partial charge on any atom is -0.443 e. The van der Waals surface area contributed by atoms with Gasteiger partial charge in [0.15, 0.2) is 0 Å². The molecule has 40 heavy (non-hydrogen) atoms. The number of carbonyl (C=O) groups excluding carboxylic acids is 3. The second-order valence-corrected chi connectivity index (χ2v) is 10.6. The van der Waals surface area contributed by atoms with E-state index in [4.69, 9.17) is 9.73 Å². The Balaban J connectivity index is 1.54. The number of hydrogen-bond donors (Lipinski definition) is 0. The third-order valence-corrected chi connectivity index (χ3v) is 6.52. The van der Waals surface area contributed by atoms with E-state index in [1.54, 1.807) is 27.0 Å². The fourth-order valence-corrected chi connectivity index (χ4v) is 4.68. The van der Waals surface area contributed by atoms with E-state index < -0.39 is 35.1 Å². The van der Waals surface area contributed by atoms with Crippen LogP contribution < -0.4 is 5.56 Å². The molecule has 8 heteroatoms. The molecule has 1 fully saturated rings. The lowest BCUT2D eigenvalue weighted by Gasteiger charge is -2.31. The Morgan fingerprint density at radius 2 is 1.48 bits per heavy atom. The van der Waals surface area contributed by atoms with Crippen LogP contribution in [0.5, 0.6) is 0 Å². The third-order valence-electron chi connectivity index (χ3n) is 6.52. The van der Waals surface area contributed by atoms with E-state index in [1.807, 2.05) is 78.9 Å². The number of ether oxygens (including phenoxy) is 1. The summed E-state index contributed by atoms with van der Waals surface area (Å²) in [4.78, 5) is 57.0. The molecule has 3 aromatic carbocycles. The molecular weight excluding hydrogens is 506 g/mol. The first-order chi connectivity index (χ1) is 19.1. The number of imide groups is 3. The molecule has 4 aromatic rings. The van der Waals surface area contributed by atoms with E-state index in [-0.39, 0.29) is 12.8 Å². The molecule has 0 saturated carbocycles. The zero-order valence-corrected chi connectivity index (χ0v) is 22.5. The Morgan fingerprint density at radius 1 is 0.850 bits per heavy atom. The van der Waals surface area contributed by atoms with E-state index in [2.05, 4.69) is 0 Å². The van der Waals surface area contributed by atoms with Crippen molar-refractivity contribution in [2.75, 3.05) is 0 Å². The standard InChI is InChI=1S/C32H29N3O5/c1-32(2,3)40-31(39)35-27(36)17-16-26(30(35)38)34-20-24-18-25(15-14-23(24)19-28(34)37)33-29(21-10-6-4-7-11-21)22-12-8-5-9-13-22/h4-15,18-20,26H,16-17H2,1-3H3. The average molecular weight is 536 g/mol. The maximum absolute atomic E-state index is 13.3. The maximum Gasteiger partial charge on any atom is 0.424 e. The van der Waals surface area contributed by atoms with Crippen molar-refractivity contribution in [3.8, 4) is 0 Å². The molecule has 0 aliphatic carbocycles. The molecule has 0 radical (unpaired) electrons. The van der Waals surface area contributed by atoms with Crippen LogP contribution in [0.25, 0.3) is 10.8 Å². The molecule has 0 bridgehead atoms. The summed E-state index contributed by atoms with van der Waals surface area (Å²) in [5.41, 5.74) is 2.08. The Kier molecular flexibility index (Phi) is 7.17. The topological polar surface area (TPSA) is 98.0 Å². The summed E-state index contributed by atoms with van der Waals surface area (Å²) in [6, 6.07) is 25.6. The number of benzene rings is 3. The number of hydrogen-bond acceptors (Lipinski definition) is 6. The predicted molar refractivity (Wildman–Crippen MR) is 153 cm³/mol. The van der Waals surface area contributed by atoms with Crippen molar-refractivity contribution in [1.82, 2.24) is 9.47 Å². The molecule has 1 aliphatic heterocycles. The lowest BCUT2D eigenvalue weighted by atomic mass is 10.0. The molecule has 0 spiro atoms. The Hall–Kier alpha value is -4.85. The van der Waals surface area contributed by atoms with E-state index in [1.165, 1.54) is 10.6 Å². The SMILES string of the molecule is CC(C)(C)OC(=O)N1C(=O)CCC(n2cc3cc(N=C(c4ccccc4)c4ccccc4)ccc3cc2=O)C1=O. The van der Waals surface area contributed by atoms with Crippen LogP contribution in [0, 0.1) is 0 Å². The van der Waals surface area contributed by atoms with Crippen LogP contribution in [0.15, 0.2) is 101 Å². The van der Waals surface area contributed by atoms with E-state index in [0.29, 0.717) is 21.4 Å². The summed E-state index contributed by atoms with van der Waals surface area (Å²) in [5, 5.41) is 1.37. The van der Waals surface area contributed by atoms with Crippen molar-refractivity contribution in [3.63, 3.8) is 0 Å². The predicted octanol–water partition coefficient (Wildman–Crippen LogP) is 5.80. The number of amides is 3. The van der Waals surface area contributed by atoms with Crippen LogP contribution >= 0.6 is 0 Å². The zero-order chi connectivity index (χ0) is 28.4. The number of aromatic nitrogens is 1. The van der Waals surface area contributed by atoms with Gasteiger partial charge in [-0.25, -0.2) is 9.79 Å². The summed E-state index contributed by atoms with van der Waals surface area (Å²) in [5.74, 6) is -1.42. The van der Waals surface area contributed by atoms with Crippen LogP contribution in [-0.4, -0.2) is 38.7 Å². The van der Waals surface area contributed by atoms with Crippen LogP contribution in [0.2, 0.25) is 0 Å². The van der Waals surface area contributed by atoms with Gasteiger partial charge in [-0.1, -0.05) is 66.7 Å². The number of pyridine rings is 1. The molecule has 3 amide bonds. The van der Waals surface area contributed by atoms with Gasteiger partial charge < -0.3 is 9.30 Å². The minimum absolute atomic E-state index is 0.0675. The van der Waals surface area contributed by atoms with E-state index in [9.17, 15) is 19.2 Å². The monoisotopic (exact) mass is 535 g/mol. The van der Waals surface area contributed by atoms with Gasteiger partial charge in [0.25, 0.3) is 11.5 Å². The Morgan fingerprint density at radius 3 is 2.08 bits per heavy atom. The number of likely N-dealkylation sites (tertiary alicyclic amines) is 1. The van der Waals surface area contributed by atoms with Gasteiger partial charge in [-0.3, -0.25) is 14.4 Å². The van der Waals surface area contributed by atoms with Crippen molar-refractivity contribution in [2.24, 2.45) is 4.99 Å². The first-order valence-electron chi connectivity index (χ1n) is 13.1. The van der Waals surface area contributed by atoms with Gasteiger partial charge in [0.05, 0.1) is 11.4 Å². The Labute approximate surface area is 231 Å². The third kappa shape index (κ3) is 5.61. The molecule has 1 aliphatic rings. The Bertz CT molecular complexity index is 1640. The van der Waals surface area contributed by atoms with Crippen molar-refractivity contribution in [1.29, 1.82) is 0 Å². The van der Waals surface area contributed by atoms with Crippen LogP contribution in [0.4, 0.5) is 10.5 Å². The first kappa shape index (κ1) is 26.7. The fourth-order valence-electron chi connectivity index (χ4n) is 4.68. The molecule has 8 nitrogen and oxygen atoms in total. The van der Waals surface area contributed by atoms with Gasteiger partial charge >= 0.3 is 6.09 Å². The second kappa shape index (κ2) is 10.7. The molecule has 1 saturated heterocycles. The highest BCUT2D eigenvalue weighted by Crippen LogP contribution is 2.28. The number of rotatable bonds is 4. The van der Waals surface area contributed by atoms with Gasteiger partial charge in [0.2, 0.25) is 5.91 Å². The molecule has 1 atom stereocenters. The highest BCUT2D eigenvalue weighted by molar-refractivity contribution is 6.14. The van der Waals surface area contributed by atoms with Crippen molar-refractivity contribution in [2.45, 2.75) is 45.3 Å². The number of fused-ring (bicyclic) bond motifs is 1. The molecular formula is C32H29N3O5. The molecule has 1 aromatic heterocycles. The quantitative estimate of drug-likeness (QED) is 0.243. The summed E-state index contributed by atoms with van der Waals surface area (Å²) in [7, 11) is 0. The number of aliphatic imine (C=N–C) groups is 1. The van der Waals surface area contributed by atoms with Gasteiger partial charge in [-0.05, 0) is 44.7 Å². The zero-order valence-electron chi connectivity index (χ0n) is 22.5. The normalized spacial score (nSPS) is 15.7. The van der Waals surface area contributed by atoms with Gasteiger partial charge in [0.1, 0.15) is 11.6 Å². The lowest BCUT2D eigenvalue weighted by Crippen LogP contribution is -2.51. The van der Waals surface area contributed by atoms with Crippen molar-refractivity contribution >= 4 is 40.1 Å². The first-order valence-corrected chi connectivity index (χ1v) is 13.1. The number of piperidine rings is 1. The van der Waals surface area contributed by atoms with E-state index >= 15 is 0 Å². The van der Waals surface area contributed by atoms with Crippen LogP contribution in [0.1, 0.15) is 50.8 Å². The van der Waals surface area contributed by atoms with Crippen LogP contribution in [-0.2, 0) is 14.3 Å². The largest absolute Gasteiger partial charge is 0.443 e. The second-order valence-electron chi connectivity index (χ2n) is 10.6. The number of nitrogens with zero attached hydrogens (tertiary/aromatic N) is 3. The minimum atomic E-state index is -1.04. The van der Waals surface area contributed by atoms with Crippen LogP contribution in [0.3, 0.4) is 0 Å². The van der Waals surface area contributed by atoms with Gasteiger partial charge in [-0.15, -0.1) is 0 Å². The maximum atomic E-state index is 13.3. The molecule has 202 valence electrons. The highest BCUT2D eigenvalue weighted by Gasteiger charge is 2.41. The van der Waals surface area contributed by atoms with Gasteiger partial charge in [0, 0.05) is 35.2 Å². The molecule has 0 N–H and O–H groups in total. The molecule has 5 rings (SSSR count).